The third kappa shape index (κ3) is 5.40. The number of hydrogen-bond donors (Lipinski definition) is 1. The summed E-state index contributed by atoms with van der Waals surface area (Å²) < 4.78 is 33.3. The molecule has 1 fully saturated rings. The molecule has 1 aliphatic rings. The van der Waals surface area contributed by atoms with Gasteiger partial charge in [-0.25, -0.2) is 0 Å². The minimum atomic E-state index is -3.66. The van der Waals surface area contributed by atoms with Crippen molar-refractivity contribution in [3.63, 3.8) is 0 Å². The van der Waals surface area contributed by atoms with Gasteiger partial charge in [0.25, 0.3) is 10.2 Å². The monoisotopic (exact) mass is 405 g/mol. The number of esters is 1. The molecule has 1 aromatic carbocycles. The van der Waals surface area contributed by atoms with E-state index in [4.69, 9.17) is 0 Å². The van der Waals surface area contributed by atoms with E-state index in [1.807, 2.05) is 24.3 Å². The molecule has 9 heteroatoms. The molecule has 1 N–H and O–H groups in total. The number of nitrogens with one attached hydrogen (secondary N) is 1. The van der Waals surface area contributed by atoms with E-state index >= 15 is 0 Å². The Morgan fingerprint density at radius 1 is 1.35 bits per heavy atom. The first kappa shape index (κ1) is 22.9. The largest absolute Gasteiger partial charge is 0.469 e. The average molecular weight is 406 g/mol. The Bertz CT molecular complexity index is 682. The van der Waals surface area contributed by atoms with Gasteiger partial charge in [0, 0.05) is 33.2 Å². The number of aryl methyl sites for hydroxylation is 1. The molecule has 1 heterocycles. The highest BCUT2D eigenvalue weighted by Gasteiger charge is 2.35. The Morgan fingerprint density at radius 2 is 2.00 bits per heavy atom. The van der Waals surface area contributed by atoms with Crippen LogP contribution < -0.4 is 5.32 Å². The van der Waals surface area contributed by atoms with Crippen molar-refractivity contribution < 1.29 is 17.9 Å². The molecule has 0 radical (unpaired) electrons. The van der Waals surface area contributed by atoms with Crippen LogP contribution in [0.25, 0.3) is 0 Å². The Hall–Kier alpha value is -1.19. The molecule has 0 aliphatic carbocycles. The average Bonchev–Trinajstić information content (AvgIpc) is 2.65. The van der Waals surface area contributed by atoms with Gasteiger partial charge < -0.3 is 10.1 Å². The lowest BCUT2D eigenvalue weighted by Crippen LogP contribution is -2.52. The number of rotatable bonds is 7. The smallest absolute Gasteiger partial charge is 0.306 e. The predicted octanol–water partition coefficient (Wildman–Crippen LogP) is 1.36. The molecule has 0 aromatic heterocycles. The van der Waals surface area contributed by atoms with Crippen molar-refractivity contribution in [2.45, 2.75) is 25.8 Å². The summed E-state index contributed by atoms with van der Waals surface area (Å²) >= 11 is 0. The number of methoxy groups -OCH3 is 1. The van der Waals surface area contributed by atoms with Crippen LogP contribution in [-0.2, 0) is 26.2 Å². The summed E-state index contributed by atoms with van der Waals surface area (Å²) in [4.78, 5) is 11.3. The zero-order valence-electron chi connectivity index (χ0n) is 15.5. The molecule has 1 aromatic rings. The zero-order chi connectivity index (χ0) is 18.4. The van der Waals surface area contributed by atoms with Crippen molar-refractivity contribution in [2.75, 3.05) is 40.3 Å². The number of carbonyl (C=O) groups excluding carboxylic acids is 1. The van der Waals surface area contributed by atoms with Crippen LogP contribution in [0.1, 0.15) is 30.5 Å². The second-order valence-corrected chi connectivity index (χ2v) is 8.07. The Balaban J connectivity index is 0.00000338. The summed E-state index contributed by atoms with van der Waals surface area (Å²) in [6, 6.07) is 7.80. The number of carbonyl (C=O) groups is 1. The standard InChI is InChI=1S/C17H27N3O4S.ClH/c1-4-14-5-7-15(8-6-14)16-13-18-10-12-20(16)25(22,23)19(2)11-9-17(21)24-3;/h5-8,16,18H,4,9-13H2,1-3H3;1H. The molecule has 26 heavy (non-hydrogen) atoms. The molecule has 148 valence electrons. The van der Waals surface area contributed by atoms with Crippen LogP contribution in [0.4, 0.5) is 0 Å². The third-order valence-corrected chi connectivity index (χ3v) is 6.52. The van der Waals surface area contributed by atoms with E-state index in [0.717, 1.165) is 12.0 Å². The summed E-state index contributed by atoms with van der Waals surface area (Å²) in [5, 5.41) is 3.26. The van der Waals surface area contributed by atoms with E-state index < -0.39 is 16.2 Å². The van der Waals surface area contributed by atoms with E-state index in [9.17, 15) is 13.2 Å². The van der Waals surface area contributed by atoms with Gasteiger partial charge in [-0.15, -0.1) is 12.4 Å². The molecule has 0 spiro atoms. The number of benzene rings is 1. The van der Waals surface area contributed by atoms with Gasteiger partial charge in [-0.2, -0.15) is 17.0 Å². The molecule has 1 aliphatic heterocycles. The number of halogens is 1. The van der Waals surface area contributed by atoms with E-state index in [1.54, 1.807) is 0 Å². The maximum Gasteiger partial charge on any atom is 0.306 e. The topological polar surface area (TPSA) is 79.0 Å². The van der Waals surface area contributed by atoms with Crippen molar-refractivity contribution in [2.24, 2.45) is 0 Å². The minimum absolute atomic E-state index is 0. The summed E-state index contributed by atoms with van der Waals surface area (Å²) in [7, 11) is -0.868. The lowest BCUT2D eigenvalue weighted by molar-refractivity contribution is -0.140. The minimum Gasteiger partial charge on any atom is -0.469 e. The molecule has 0 amide bonds. The second-order valence-electron chi connectivity index (χ2n) is 6.08. The van der Waals surface area contributed by atoms with Crippen molar-refractivity contribution in [3.05, 3.63) is 35.4 Å². The van der Waals surface area contributed by atoms with Crippen LogP contribution in [0.5, 0.6) is 0 Å². The van der Waals surface area contributed by atoms with Crippen molar-refractivity contribution in [1.29, 1.82) is 0 Å². The van der Waals surface area contributed by atoms with Crippen LogP contribution in [0.2, 0.25) is 0 Å². The SMILES string of the molecule is CCc1ccc(C2CNCCN2S(=O)(=O)N(C)CCC(=O)OC)cc1.Cl. The van der Waals surface area contributed by atoms with Crippen molar-refractivity contribution in [3.8, 4) is 0 Å². The van der Waals surface area contributed by atoms with Gasteiger partial charge in [0.15, 0.2) is 0 Å². The summed E-state index contributed by atoms with van der Waals surface area (Å²) in [6.45, 7) is 3.75. The van der Waals surface area contributed by atoms with E-state index in [-0.39, 0.29) is 31.4 Å². The van der Waals surface area contributed by atoms with Crippen molar-refractivity contribution >= 4 is 28.6 Å². The van der Waals surface area contributed by atoms with Gasteiger partial charge in [0.2, 0.25) is 0 Å². The first-order valence-corrected chi connectivity index (χ1v) is 9.89. The van der Waals surface area contributed by atoms with Crippen LogP contribution in [0.3, 0.4) is 0 Å². The van der Waals surface area contributed by atoms with E-state index in [2.05, 4.69) is 17.0 Å². The number of hydrogen-bond acceptors (Lipinski definition) is 5. The highest BCUT2D eigenvalue weighted by molar-refractivity contribution is 7.86. The Kier molecular flexibility index (Phi) is 8.99. The van der Waals surface area contributed by atoms with Crippen LogP contribution in [0, 0.1) is 0 Å². The fourth-order valence-corrected chi connectivity index (χ4v) is 4.39. The summed E-state index contributed by atoms with van der Waals surface area (Å²) in [5.74, 6) is -0.422. The predicted molar refractivity (Wildman–Crippen MR) is 104 cm³/mol. The van der Waals surface area contributed by atoms with Gasteiger partial charge in [0.1, 0.15) is 0 Å². The lowest BCUT2D eigenvalue weighted by atomic mass is 10.0. The van der Waals surface area contributed by atoms with Gasteiger partial charge in [0.05, 0.1) is 19.6 Å². The van der Waals surface area contributed by atoms with E-state index in [1.165, 1.54) is 28.3 Å². The third-order valence-electron chi connectivity index (χ3n) is 4.52. The summed E-state index contributed by atoms with van der Waals surface area (Å²) in [5.41, 5.74) is 2.19. The van der Waals surface area contributed by atoms with Gasteiger partial charge in [-0.3, -0.25) is 4.79 Å². The van der Waals surface area contributed by atoms with Crippen molar-refractivity contribution in [1.82, 2.24) is 13.9 Å². The maximum atomic E-state index is 13.0. The van der Waals surface area contributed by atoms with Gasteiger partial charge >= 0.3 is 5.97 Å². The number of ether oxygens (including phenoxy) is 1. The first-order valence-electron chi connectivity index (χ1n) is 8.49. The Morgan fingerprint density at radius 3 is 2.58 bits per heavy atom. The first-order chi connectivity index (χ1) is 11.9. The van der Waals surface area contributed by atoms with Gasteiger partial charge in [-0.1, -0.05) is 31.2 Å². The molecule has 7 nitrogen and oxygen atoms in total. The van der Waals surface area contributed by atoms with Crippen LogP contribution in [-0.4, -0.2) is 63.3 Å². The summed E-state index contributed by atoms with van der Waals surface area (Å²) in [6.07, 6.45) is 0.982. The fourth-order valence-electron chi connectivity index (χ4n) is 2.87. The molecule has 1 saturated heterocycles. The van der Waals surface area contributed by atoms with Crippen LogP contribution in [0.15, 0.2) is 24.3 Å². The normalized spacial score (nSPS) is 18.4. The highest BCUT2D eigenvalue weighted by atomic mass is 35.5. The molecule has 1 atom stereocenters. The maximum absolute atomic E-state index is 13.0. The van der Waals surface area contributed by atoms with Crippen LogP contribution >= 0.6 is 12.4 Å². The fraction of sp³-hybridized carbons (Fsp3) is 0.588. The van der Waals surface area contributed by atoms with Gasteiger partial charge in [-0.05, 0) is 17.5 Å². The molecule has 0 bridgehead atoms. The molecular formula is C17H28ClN3O4S. The Labute approximate surface area is 162 Å². The molecular weight excluding hydrogens is 378 g/mol. The zero-order valence-corrected chi connectivity index (χ0v) is 17.1. The quantitative estimate of drug-likeness (QED) is 0.693. The molecule has 2 rings (SSSR count). The highest BCUT2D eigenvalue weighted by Crippen LogP contribution is 2.27. The second kappa shape index (κ2) is 10.2. The number of nitrogens with zero attached hydrogens (tertiary/aromatic N) is 2. The molecule has 1 unspecified atom stereocenters. The lowest BCUT2D eigenvalue weighted by Gasteiger charge is -2.37. The molecule has 0 saturated carbocycles. The number of piperazine rings is 1. The van der Waals surface area contributed by atoms with E-state index in [0.29, 0.717) is 19.6 Å².